The van der Waals surface area contributed by atoms with Crippen LogP contribution in [-0.2, 0) is 11.2 Å². The molecule has 0 radical (unpaired) electrons. The second-order valence-electron chi connectivity index (χ2n) is 6.98. The van der Waals surface area contributed by atoms with Crippen molar-refractivity contribution in [1.82, 2.24) is 15.2 Å². The van der Waals surface area contributed by atoms with E-state index in [4.69, 9.17) is 9.47 Å². The zero-order chi connectivity index (χ0) is 20.2. The largest absolute Gasteiger partial charge is 0.497 e. The number of nitrogens with one attached hydrogen (secondary N) is 2. The third-order valence-corrected chi connectivity index (χ3v) is 5.13. The Balaban J connectivity index is 1.57. The molecule has 28 heavy (non-hydrogen) atoms. The van der Waals surface area contributed by atoms with Crippen LogP contribution in [0.2, 0.25) is 0 Å². The standard InChI is InChI=1S/C22H35N3O3/c1-4-25(5-2)14-8-6-7-9-15-28-22(26)23-13-12-18-17-24-21-11-10-19(27-3)16-20(18)21/h10-11,16-17,24H,4-9,12-15H2,1-3H3,(H,23,26). The Bertz CT molecular complexity index is 710. The molecule has 6 heteroatoms. The van der Waals surface area contributed by atoms with Gasteiger partial charge in [0, 0.05) is 23.6 Å². The Kier molecular flexibility index (Phi) is 9.69. The van der Waals surface area contributed by atoms with Gasteiger partial charge in [0.15, 0.2) is 0 Å². The van der Waals surface area contributed by atoms with Crippen LogP contribution >= 0.6 is 0 Å². The summed E-state index contributed by atoms with van der Waals surface area (Å²) < 4.78 is 10.6. The molecule has 0 atom stereocenters. The summed E-state index contributed by atoms with van der Waals surface area (Å²) in [6.45, 7) is 8.83. The average molecular weight is 390 g/mol. The number of ether oxygens (including phenoxy) is 2. The summed E-state index contributed by atoms with van der Waals surface area (Å²) in [5.41, 5.74) is 2.22. The molecule has 0 saturated carbocycles. The first kappa shape index (κ1) is 22.1. The van der Waals surface area contributed by atoms with Crippen LogP contribution in [0.5, 0.6) is 5.75 Å². The maximum Gasteiger partial charge on any atom is 0.407 e. The third kappa shape index (κ3) is 7.08. The van der Waals surface area contributed by atoms with E-state index >= 15 is 0 Å². The van der Waals surface area contributed by atoms with E-state index in [-0.39, 0.29) is 6.09 Å². The molecule has 1 amide bonds. The van der Waals surface area contributed by atoms with E-state index in [9.17, 15) is 4.79 Å². The molecule has 1 heterocycles. The molecule has 2 rings (SSSR count). The van der Waals surface area contributed by atoms with Crippen molar-refractivity contribution in [2.75, 3.05) is 39.9 Å². The zero-order valence-electron chi connectivity index (χ0n) is 17.6. The Morgan fingerprint density at radius 2 is 1.93 bits per heavy atom. The molecule has 0 saturated heterocycles. The van der Waals surface area contributed by atoms with E-state index in [2.05, 4.69) is 29.0 Å². The number of alkyl carbamates (subject to hydrolysis) is 1. The number of rotatable bonds is 13. The lowest BCUT2D eigenvalue weighted by atomic mass is 10.1. The monoisotopic (exact) mass is 389 g/mol. The predicted octanol–water partition coefficient (Wildman–Crippen LogP) is 4.35. The van der Waals surface area contributed by atoms with Crippen molar-refractivity contribution in [2.24, 2.45) is 0 Å². The minimum atomic E-state index is -0.333. The van der Waals surface area contributed by atoms with Gasteiger partial charge in [0.1, 0.15) is 5.75 Å². The van der Waals surface area contributed by atoms with E-state index in [1.807, 2.05) is 24.4 Å². The molecule has 2 N–H and O–H groups in total. The van der Waals surface area contributed by atoms with Crippen LogP contribution in [0.25, 0.3) is 10.9 Å². The lowest BCUT2D eigenvalue weighted by molar-refractivity contribution is 0.144. The Morgan fingerprint density at radius 1 is 1.14 bits per heavy atom. The van der Waals surface area contributed by atoms with E-state index < -0.39 is 0 Å². The van der Waals surface area contributed by atoms with E-state index in [1.54, 1.807) is 7.11 Å². The number of carbonyl (C=O) groups is 1. The number of aromatic amines is 1. The predicted molar refractivity (Wildman–Crippen MR) is 114 cm³/mol. The van der Waals surface area contributed by atoms with Gasteiger partial charge in [0.2, 0.25) is 0 Å². The zero-order valence-corrected chi connectivity index (χ0v) is 17.6. The first-order valence-corrected chi connectivity index (χ1v) is 10.4. The Hall–Kier alpha value is -2.21. The van der Waals surface area contributed by atoms with Crippen molar-refractivity contribution in [3.63, 3.8) is 0 Å². The SMILES string of the molecule is CCN(CC)CCCCCCOC(=O)NCCc1c[nH]c2ccc(OC)cc12. The van der Waals surface area contributed by atoms with E-state index in [0.717, 1.165) is 61.1 Å². The number of benzene rings is 1. The highest BCUT2D eigenvalue weighted by atomic mass is 16.5. The van der Waals surface area contributed by atoms with Gasteiger partial charge in [-0.1, -0.05) is 26.7 Å². The van der Waals surface area contributed by atoms with Crippen LogP contribution in [0.3, 0.4) is 0 Å². The van der Waals surface area contributed by atoms with Crippen LogP contribution in [0.15, 0.2) is 24.4 Å². The van der Waals surface area contributed by atoms with Gasteiger partial charge in [-0.2, -0.15) is 0 Å². The van der Waals surface area contributed by atoms with Gasteiger partial charge in [-0.05, 0) is 62.7 Å². The lowest BCUT2D eigenvalue weighted by Crippen LogP contribution is -2.26. The highest BCUT2D eigenvalue weighted by Crippen LogP contribution is 2.23. The highest BCUT2D eigenvalue weighted by Gasteiger charge is 2.07. The summed E-state index contributed by atoms with van der Waals surface area (Å²) in [5, 5.41) is 3.96. The van der Waals surface area contributed by atoms with E-state index in [1.165, 1.54) is 12.8 Å². The molecule has 0 spiro atoms. The molecule has 0 aliphatic heterocycles. The second-order valence-corrected chi connectivity index (χ2v) is 6.98. The van der Waals surface area contributed by atoms with Crippen LogP contribution in [0.4, 0.5) is 4.79 Å². The molecule has 6 nitrogen and oxygen atoms in total. The van der Waals surface area contributed by atoms with E-state index in [0.29, 0.717) is 13.2 Å². The quantitative estimate of drug-likeness (QED) is 0.500. The minimum absolute atomic E-state index is 0.333. The van der Waals surface area contributed by atoms with Gasteiger partial charge >= 0.3 is 6.09 Å². The summed E-state index contributed by atoms with van der Waals surface area (Å²) in [4.78, 5) is 17.5. The molecule has 1 aromatic heterocycles. The second kappa shape index (κ2) is 12.3. The smallest absolute Gasteiger partial charge is 0.407 e. The molecule has 2 aromatic rings. The Labute approximate surface area is 168 Å². The van der Waals surface area contributed by atoms with Crippen molar-refractivity contribution in [1.29, 1.82) is 0 Å². The van der Waals surface area contributed by atoms with Crippen molar-refractivity contribution in [3.8, 4) is 5.75 Å². The molecule has 0 aliphatic rings. The lowest BCUT2D eigenvalue weighted by Gasteiger charge is -2.17. The van der Waals surface area contributed by atoms with Crippen LogP contribution in [-0.4, -0.2) is 55.9 Å². The summed E-state index contributed by atoms with van der Waals surface area (Å²) >= 11 is 0. The van der Waals surface area contributed by atoms with Gasteiger partial charge < -0.3 is 24.7 Å². The maximum absolute atomic E-state index is 11.8. The minimum Gasteiger partial charge on any atom is -0.497 e. The van der Waals surface area contributed by atoms with Gasteiger partial charge in [-0.15, -0.1) is 0 Å². The molecule has 156 valence electrons. The van der Waals surface area contributed by atoms with Crippen molar-refractivity contribution >= 4 is 17.0 Å². The van der Waals surface area contributed by atoms with Gasteiger partial charge in [-0.25, -0.2) is 4.79 Å². The van der Waals surface area contributed by atoms with Crippen molar-refractivity contribution < 1.29 is 14.3 Å². The number of hydrogen-bond donors (Lipinski definition) is 2. The summed E-state index contributed by atoms with van der Waals surface area (Å²) in [6, 6.07) is 5.95. The number of fused-ring (bicyclic) bond motifs is 1. The van der Waals surface area contributed by atoms with Crippen LogP contribution in [0, 0.1) is 0 Å². The first-order valence-electron chi connectivity index (χ1n) is 10.4. The van der Waals surface area contributed by atoms with Crippen molar-refractivity contribution in [3.05, 3.63) is 30.0 Å². The molecule has 0 fully saturated rings. The van der Waals surface area contributed by atoms with Crippen molar-refractivity contribution in [2.45, 2.75) is 46.0 Å². The fraction of sp³-hybridized carbons (Fsp3) is 0.591. The number of amides is 1. The third-order valence-electron chi connectivity index (χ3n) is 5.13. The number of nitrogens with zero attached hydrogens (tertiary/aromatic N) is 1. The van der Waals surface area contributed by atoms with Gasteiger partial charge in [0.25, 0.3) is 0 Å². The molecule has 1 aromatic carbocycles. The number of methoxy groups -OCH3 is 1. The van der Waals surface area contributed by atoms with Gasteiger partial charge in [-0.3, -0.25) is 0 Å². The first-order chi connectivity index (χ1) is 13.7. The topological polar surface area (TPSA) is 66.6 Å². The Morgan fingerprint density at radius 3 is 2.68 bits per heavy atom. The fourth-order valence-corrected chi connectivity index (χ4v) is 3.34. The van der Waals surface area contributed by atoms with Gasteiger partial charge in [0.05, 0.1) is 13.7 Å². The molecule has 0 bridgehead atoms. The fourth-order valence-electron chi connectivity index (χ4n) is 3.34. The summed E-state index contributed by atoms with van der Waals surface area (Å²) in [5.74, 6) is 0.831. The summed E-state index contributed by atoms with van der Waals surface area (Å²) in [7, 11) is 1.66. The normalized spacial score (nSPS) is 11.1. The number of hydrogen-bond acceptors (Lipinski definition) is 4. The number of unbranched alkanes of at least 4 members (excludes halogenated alkanes) is 3. The van der Waals surface area contributed by atoms with Crippen LogP contribution < -0.4 is 10.1 Å². The maximum atomic E-state index is 11.8. The number of aromatic nitrogens is 1. The molecular weight excluding hydrogens is 354 g/mol. The molecule has 0 aliphatic carbocycles. The highest BCUT2D eigenvalue weighted by molar-refractivity contribution is 5.84. The number of H-pyrrole nitrogens is 1. The number of carbonyl (C=O) groups excluding carboxylic acids is 1. The molecule has 0 unspecified atom stereocenters. The average Bonchev–Trinajstić information content (AvgIpc) is 3.12. The van der Waals surface area contributed by atoms with Crippen LogP contribution in [0.1, 0.15) is 45.1 Å². The summed E-state index contributed by atoms with van der Waals surface area (Å²) in [6.07, 6.45) is 6.82. The molecular formula is C22H35N3O3.